The fourth-order valence-electron chi connectivity index (χ4n) is 4.63. The highest BCUT2D eigenvalue weighted by Gasteiger charge is 2.33. The third-order valence-corrected chi connectivity index (χ3v) is 7.42. The molecule has 0 N–H and O–H groups in total. The van der Waals surface area contributed by atoms with Crippen molar-refractivity contribution in [3.8, 4) is 11.5 Å². The van der Waals surface area contributed by atoms with Crippen molar-refractivity contribution in [1.82, 2.24) is 4.57 Å². The van der Waals surface area contributed by atoms with E-state index in [1.807, 2.05) is 91.9 Å². The summed E-state index contributed by atoms with van der Waals surface area (Å²) in [6.07, 6.45) is 1.82. The van der Waals surface area contributed by atoms with Crippen LogP contribution in [0.1, 0.15) is 43.5 Å². The van der Waals surface area contributed by atoms with Gasteiger partial charge in [0.05, 0.1) is 35.1 Å². The molecule has 0 saturated carbocycles. The number of rotatable bonds is 9. The van der Waals surface area contributed by atoms with E-state index in [1.54, 1.807) is 18.4 Å². The first-order chi connectivity index (χ1) is 19.5. The van der Waals surface area contributed by atoms with E-state index < -0.39 is 12.0 Å². The van der Waals surface area contributed by atoms with Gasteiger partial charge in [0, 0.05) is 0 Å². The smallest absolute Gasteiger partial charge is 0.338 e. The van der Waals surface area contributed by atoms with Gasteiger partial charge < -0.3 is 14.2 Å². The maximum Gasteiger partial charge on any atom is 0.338 e. The third kappa shape index (κ3) is 5.62. The van der Waals surface area contributed by atoms with Crippen molar-refractivity contribution in [1.29, 1.82) is 0 Å². The van der Waals surface area contributed by atoms with Crippen LogP contribution in [-0.2, 0) is 16.1 Å². The van der Waals surface area contributed by atoms with Crippen LogP contribution in [0.4, 0.5) is 0 Å². The Kier molecular flexibility index (Phi) is 8.26. The van der Waals surface area contributed by atoms with Crippen LogP contribution in [0.25, 0.3) is 6.08 Å². The number of benzene rings is 3. The second-order valence-corrected chi connectivity index (χ2v) is 10.1. The maximum absolute atomic E-state index is 13.8. The van der Waals surface area contributed by atoms with E-state index in [0.29, 0.717) is 45.3 Å². The molecule has 1 atom stereocenters. The topological polar surface area (TPSA) is 79.1 Å². The minimum absolute atomic E-state index is 0.228. The summed E-state index contributed by atoms with van der Waals surface area (Å²) in [5.74, 6) is 0.755. The van der Waals surface area contributed by atoms with Crippen LogP contribution in [0.3, 0.4) is 0 Å². The van der Waals surface area contributed by atoms with Gasteiger partial charge >= 0.3 is 5.97 Å². The summed E-state index contributed by atoms with van der Waals surface area (Å²) in [6.45, 7) is 6.57. The summed E-state index contributed by atoms with van der Waals surface area (Å²) < 4.78 is 19.3. The molecule has 0 fully saturated rings. The second kappa shape index (κ2) is 12.2. The van der Waals surface area contributed by atoms with Crippen molar-refractivity contribution < 1.29 is 19.0 Å². The summed E-state index contributed by atoms with van der Waals surface area (Å²) in [5.41, 5.74) is 3.34. The van der Waals surface area contributed by atoms with Crippen molar-refractivity contribution in [2.24, 2.45) is 4.99 Å². The molecule has 40 heavy (non-hydrogen) atoms. The van der Waals surface area contributed by atoms with Crippen LogP contribution < -0.4 is 24.4 Å². The molecule has 204 valence electrons. The summed E-state index contributed by atoms with van der Waals surface area (Å²) in [6, 6.07) is 24.4. The largest absolute Gasteiger partial charge is 0.490 e. The summed E-state index contributed by atoms with van der Waals surface area (Å²) in [7, 11) is 0. The molecule has 4 aromatic rings. The van der Waals surface area contributed by atoms with Gasteiger partial charge in [-0.3, -0.25) is 9.36 Å². The fraction of sp³-hybridized carbons (Fsp3) is 0.219. The number of hydrogen-bond acceptors (Lipinski definition) is 7. The average molecular weight is 555 g/mol. The molecule has 0 bridgehead atoms. The highest BCUT2D eigenvalue weighted by Crippen LogP contribution is 2.31. The van der Waals surface area contributed by atoms with E-state index in [1.165, 1.54) is 11.3 Å². The SMILES string of the molecule is CCOC(=O)C1=C(C)N=c2s/c(=C\c3ccc(OCc4ccccc4)c(OCC)c3)c(=O)n2C1c1ccccc1. The average Bonchev–Trinajstić information content (AvgIpc) is 3.27. The number of hydrogen-bond donors (Lipinski definition) is 0. The lowest BCUT2D eigenvalue weighted by Gasteiger charge is -2.24. The van der Waals surface area contributed by atoms with Crippen LogP contribution in [0.2, 0.25) is 0 Å². The van der Waals surface area contributed by atoms with Gasteiger partial charge in [-0.05, 0) is 55.7 Å². The molecule has 7 nitrogen and oxygen atoms in total. The van der Waals surface area contributed by atoms with Gasteiger partial charge in [-0.25, -0.2) is 9.79 Å². The third-order valence-electron chi connectivity index (χ3n) is 6.43. The number of allylic oxidation sites excluding steroid dienone is 1. The van der Waals surface area contributed by atoms with Crippen molar-refractivity contribution in [3.63, 3.8) is 0 Å². The van der Waals surface area contributed by atoms with E-state index in [-0.39, 0.29) is 12.2 Å². The second-order valence-electron chi connectivity index (χ2n) is 9.13. The summed E-state index contributed by atoms with van der Waals surface area (Å²) in [5, 5.41) is 0. The Bertz CT molecular complexity index is 1720. The van der Waals surface area contributed by atoms with Crippen molar-refractivity contribution in [3.05, 3.63) is 127 Å². The first kappa shape index (κ1) is 27.1. The number of thiazole rings is 1. The van der Waals surface area contributed by atoms with E-state index >= 15 is 0 Å². The minimum Gasteiger partial charge on any atom is -0.490 e. The predicted octanol–water partition coefficient (Wildman–Crippen LogP) is 4.78. The van der Waals surface area contributed by atoms with Crippen LogP contribution in [0.5, 0.6) is 11.5 Å². The summed E-state index contributed by atoms with van der Waals surface area (Å²) in [4.78, 5) is 32.0. The molecule has 1 aromatic heterocycles. The quantitative estimate of drug-likeness (QED) is 0.279. The Labute approximate surface area is 236 Å². The number of carbonyl (C=O) groups excluding carboxylic acids is 1. The lowest BCUT2D eigenvalue weighted by atomic mass is 9.96. The normalized spacial score (nSPS) is 14.9. The van der Waals surface area contributed by atoms with Gasteiger partial charge in [-0.2, -0.15) is 0 Å². The molecule has 0 saturated heterocycles. The maximum atomic E-state index is 13.8. The van der Waals surface area contributed by atoms with Crippen LogP contribution in [0.15, 0.2) is 99.9 Å². The Morgan fingerprint density at radius 2 is 1.68 bits per heavy atom. The number of esters is 1. The van der Waals surface area contributed by atoms with E-state index in [0.717, 1.165) is 16.7 Å². The molecule has 0 amide bonds. The molecule has 1 aliphatic rings. The van der Waals surface area contributed by atoms with Crippen LogP contribution in [0, 0.1) is 0 Å². The zero-order valence-corrected chi connectivity index (χ0v) is 23.4. The zero-order chi connectivity index (χ0) is 28.1. The fourth-order valence-corrected chi connectivity index (χ4v) is 5.68. The molecule has 5 rings (SSSR count). The van der Waals surface area contributed by atoms with E-state index in [4.69, 9.17) is 14.2 Å². The van der Waals surface area contributed by atoms with E-state index in [9.17, 15) is 9.59 Å². The highest BCUT2D eigenvalue weighted by atomic mass is 32.1. The molecule has 2 heterocycles. The first-order valence-corrected chi connectivity index (χ1v) is 14.0. The molecular weight excluding hydrogens is 524 g/mol. The molecule has 8 heteroatoms. The highest BCUT2D eigenvalue weighted by molar-refractivity contribution is 7.07. The molecular formula is C32H30N2O5S. The molecule has 0 aliphatic carbocycles. The lowest BCUT2D eigenvalue weighted by Crippen LogP contribution is -2.39. The predicted molar refractivity (Wildman–Crippen MR) is 155 cm³/mol. The number of carbonyl (C=O) groups is 1. The van der Waals surface area contributed by atoms with Crippen molar-refractivity contribution in [2.45, 2.75) is 33.4 Å². The molecule has 1 aliphatic heterocycles. The number of ether oxygens (including phenoxy) is 3. The lowest BCUT2D eigenvalue weighted by molar-refractivity contribution is -0.139. The number of nitrogens with zero attached hydrogens (tertiary/aromatic N) is 2. The first-order valence-electron chi connectivity index (χ1n) is 13.2. The Hall–Kier alpha value is -4.43. The Balaban J connectivity index is 1.55. The number of fused-ring (bicyclic) bond motifs is 1. The zero-order valence-electron chi connectivity index (χ0n) is 22.6. The minimum atomic E-state index is -0.633. The van der Waals surface area contributed by atoms with Crippen molar-refractivity contribution >= 4 is 23.4 Å². The van der Waals surface area contributed by atoms with Gasteiger partial charge in [-0.1, -0.05) is 78.1 Å². The molecule has 3 aromatic carbocycles. The van der Waals surface area contributed by atoms with Crippen LogP contribution >= 0.6 is 11.3 Å². The summed E-state index contributed by atoms with van der Waals surface area (Å²) >= 11 is 1.29. The van der Waals surface area contributed by atoms with Crippen molar-refractivity contribution in [2.75, 3.05) is 13.2 Å². The molecule has 0 spiro atoms. The Morgan fingerprint density at radius 1 is 0.950 bits per heavy atom. The molecule has 1 unspecified atom stereocenters. The Morgan fingerprint density at radius 3 is 2.38 bits per heavy atom. The monoisotopic (exact) mass is 554 g/mol. The van der Waals surface area contributed by atoms with Gasteiger partial charge in [0.2, 0.25) is 0 Å². The van der Waals surface area contributed by atoms with E-state index in [2.05, 4.69) is 4.99 Å². The van der Waals surface area contributed by atoms with Gasteiger partial charge in [0.1, 0.15) is 6.61 Å². The van der Waals surface area contributed by atoms with Gasteiger partial charge in [0.15, 0.2) is 16.3 Å². The van der Waals surface area contributed by atoms with Gasteiger partial charge in [0.25, 0.3) is 5.56 Å². The molecule has 0 radical (unpaired) electrons. The standard InChI is InChI=1S/C32H30N2O5S/c1-4-37-26-18-23(16-17-25(26)39-20-22-12-8-6-9-13-22)19-27-30(35)34-29(24-14-10-7-11-15-24)28(31(36)38-5-2)21(3)33-32(34)40-27/h6-19,29H,4-5,20H2,1-3H3/b27-19-. The number of aromatic nitrogens is 1. The van der Waals surface area contributed by atoms with Gasteiger partial charge in [-0.15, -0.1) is 0 Å². The van der Waals surface area contributed by atoms with Crippen LogP contribution in [-0.4, -0.2) is 23.8 Å².